The molecule has 0 N–H and O–H groups in total. The van der Waals surface area contributed by atoms with Crippen LogP contribution in [0.25, 0.3) is 0 Å². The van der Waals surface area contributed by atoms with E-state index in [0.717, 1.165) is 0 Å². The number of rotatable bonds is 1. The van der Waals surface area contributed by atoms with E-state index in [0.29, 0.717) is 0 Å². The molecule has 0 spiro atoms. The Morgan fingerprint density at radius 3 is 0.750 bits per heavy atom. The van der Waals surface area contributed by atoms with Gasteiger partial charge in [0.05, 0.1) is 0 Å². The highest BCUT2D eigenvalue weighted by molar-refractivity contribution is 7.14. The van der Waals surface area contributed by atoms with Gasteiger partial charge < -0.3 is 49.4 Å². The average molecular weight is 551 g/mol. The molecule has 0 bridgehead atoms. The summed E-state index contributed by atoms with van der Waals surface area (Å²) in [5.74, 6) is 0. The Morgan fingerprint density at radius 1 is 0.292 bits per heavy atom. The minimum atomic E-state index is -2.10. The van der Waals surface area contributed by atoms with E-state index in [4.69, 9.17) is 49.4 Å². The van der Waals surface area contributed by atoms with E-state index in [-0.39, 0.29) is 0 Å². The Kier molecular flexibility index (Phi) is 15.0. The molecule has 2 rings (SSSR count). The van der Waals surface area contributed by atoms with Gasteiger partial charge in [0.25, 0.3) is 100 Å². The van der Waals surface area contributed by atoms with Crippen LogP contribution in [-0.2, 0) is 49.4 Å². The van der Waals surface area contributed by atoms with Crippen LogP contribution in [0.1, 0.15) is 0 Å². The third-order valence-electron chi connectivity index (χ3n) is 2.48. The van der Waals surface area contributed by atoms with E-state index in [9.17, 15) is 0 Å². The van der Waals surface area contributed by atoms with Crippen molar-refractivity contribution in [3.63, 3.8) is 0 Å². The molecule has 24 heavy (non-hydrogen) atoms. The topological polar surface area (TPSA) is 111 Å². The summed E-state index contributed by atoms with van der Waals surface area (Å²) in [5.41, 5.74) is 0. The highest BCUT2D eigenvalue weighted by Gasteiger charge is 2.32. The molecule has 12 nitrogen and oxygen atoms in total. The van der Waals surface area contributed by atoms with Gasteiger partial charge in [-0.15, -0.1) is 0 Å². The fourth-order valence-electron chi connectivity index (χ4n) is 1.50. The molecule has 0 aromatic rings. The predicted octanol–water partition coefficient (Wildman–Crippen LogP) is -11.3. The van der Waals surface area contributed by atoms with Crippen LogP contribution >= 0.6 is 0 Å². The van der Waals surface area contributed by atoms with Crippen LogP contribution in [0, 0.1) is 0 Å². The SMILES string of the molecule is O1[SiH2]O[SiH2]O[SiH2]O[SiH]([SiH]2O[SiH2]O[SiH2]O[SiH2]O[SiH2]O[SiH2]O2)O[SiH2]O[SiH2]1. The van der Waals surface area contributed by atoms with Crippen molar-refractivity contribution in [3.8, 4) is 0 Å². The van der Waals surface area contributed by atoms with E-state index in [1.54, 1.807) is 0 Å². The van der Waals surface area contributed by atoms with Gasteiger partial charge in [-0.05, 0) is 0 Å². The van der Waals surface area contributed by atoms with Crippen molar-refractivity contribution in [2.75, 3.05) is 0 Å². The van der Waals surface area contributed by atoms with E-state index in [2.05, 4.69) is 0 Å². The van der Waals surface area contributed by atoms with Crippen LogP contribution in [-0.4, -0.2) is 118 Å². The zero-order valence-corrected chi connectivity index (χ0v) is 29.6. The summed E-state index contributed by atoms with van der Waals surface area (Å²) in [6, 6.07) is 0. The first-order valence-corrected chi connectivity index (χ1v) is 23.1. The largest absolute Gasteiger partial charge is 0.425 e. The van der Waals surface area contributed by atoms with Crippen LogP contribution in [0.3, 0.4) is 0 Å². The monoisotopic (exact) mass is 550 g/mol. The molecule has 0 aliphatic carbocycles. The molecule has 0 amide bonds. The molecule has 24 heteroatoms. The summed E-state index contributed by atoms with van der Waals surface area (Å²) >= 11 is 0. The van der Waals surface area contributed by atoms with Crippen LogP contribution in [0.5, 0.6) is 0 Å². The lowest BCUT2D eigenvalue weighted by atomic mass is 15.7. The minimum absolute atomic E-state index is 0.924. The third-order valence-corrected chi connectivity index (χ3v) is 29.3. The lowest BCUT2D eigenvalue weighted by Crippen LogP contribution is -2.50. The molecule has 142 valence electrons. The quantitative estimate of drug-likeness (QED) is 0.289. The normalized spacial score (nSPS) is 41.0. The fourth-order valence-corrected chi connectivity index (χ4v) is 33.5. The Hall–Kier alpha value is 2.12. The molecule has 0 unspecified atom stereocenters. The summed E-state index contributed by atoms with van der Waals surface area (Å²) in [5, 5.41) is 0. The smallest absolute Gasteiger partial charge is 0.344 e. The minimum Gasteiger partial charge on any atom is -0.425 e. The summed E-state index contributed by atoms with van der Waals surface area (Å²) in [6.45, 7) is 0. The van der Waals surface area contributed by atoms with Crippen molar-refractivity contribution >= 4 is 118 Å². The molecule has 2 saturated heterocycles. The molecule has 0 atom stereocenters. The zero-order valence-electron chi connectivity index (χ0n) is 13.1. The average Bonchev–Trinajstić information content (AvgIpc) is 2.56. The highest BCUT2D eigenvalue weighted by atomic mass is 29.2. The van der Waals surface area contributed by atoms with E-state index in [1.165, 1.54) is 0 Å². The summed E-state index contributed by atoms with van der Waals surface area (Å²) in [4.78, 5) is 0. The lowest BCUT2D eigenvalue weighted by Gasteiger charge is -2.26. The maximum absolute atomic E-state index is 5.92. The lowest BCUT2D eigenvalue weighted by molar-refractivity contribution is 0.315. The van der Waals surface area contributed by atoms with Crippen molar-refractivity contribution in [2.45, 2.75) is 0 Å². The summed E-state index contributed by atoms with van der Waals surface area (Å²) < 4.78 is 67.6. The van der Waals surface area contributed by atoms with Crippen molar-refractivity contribution in [1.82, 2.24) is 0 Å². The Morgan fingerprint density at radius 2 is 0.500 bits per heavy atom. The second-order valence-electron chi connectivity index (χ2n) is 4.21. The van der Waals surface area contributed by atoms with Crippen molar-refractivity contribution in [2.24, 2.45) is 0 Å². The molecule has 2 aliphatic rings. The first kappa shape index (κ1) is 22.4. The number of hydrogen-bond acceptors (Lipinski definition) is 12. The summed E-state index contributed by atoms with van der Waals surface area (Å²) in [6.07, 6.45) is 0. The van der Waals surface area contributed by atoms with E-state index < -0.39 is 118 Å². The fraction of sp³-hybridized carbons (Fsp3) is 0. The van der Waals surface area contributed by atoms with Gasteiger partial charge in [-0.3, -0.25) is 0 Å². The van der Waals surface area contributed by atoms with Gasteiger partial charge in [0.15, 0.2) is 0 Å². The van der Waals surface area contributed by atoms with Gasteiger partial charge in [-0.1, -0.05) is 0 Å². The van der Waals surface area contributed by atoms with Crippen molar-refractivity contribution in [1.29, 1.82) is 0 Å². The van der Waals surface area contributed by atoms with Gasteiger partial charge in [0, 0.05) is 0 Å². The zero-order chi connectivity index (χ0) is 16.7. The molecule has 0 aromatic carbocycles. The Labute approximate surface area is 166 Å². The molecule has 0 radical (unpaired) electrons. The van der Waals surface area contributed by atoms with Crippen LogP contribution < -0.4 is 0 Å². The van der Waals surface area contributed by atoms with Crippen LogP contribution in [0.2, 0.25) is 0 Å². The first-order valence-electron chi connectivity index (χ1n) is 7.05. The molecule has 0 saturated carbocycles. The van der Waals surface area contributed by atoms with E-state index in [1.807, 2.05) is 0 Å². The Bertz CT molecular complexity index is 241. The molecular formula is H22O12Si12. The van der Waals surface area contributed by atoms with E-state index >= 15 is 0 Å². The van der Waals surface area contributed by atoms with Gasteiger partial charge >= 0.3 is 17.6 Å². The van der Waals surface area contributed by atoms with Crippen molar-refractivity contribution in [3.05, 3.63) is 0 Å². The first-order chi connectivity index (χ1) is 12.0. The van der Waals surface area contributed by atoms with Crippen LogP contribution in [0.4, 0.5) is 0 Å². The third kappa shape index (κ3) is 11.1. The maximum atomic E-state index is 5.92. The summed E-state index contributed by atoms with van der Waals surface area (Å²) in [7, 11) is -14.6. The second-order valence-corrected chi connectivity index (χ2v) is 29.7. The molecular weight excluding hydrogens is 529 g/mol. The van der Waals surface area contributed by atoms with Gasteiger partial charge in [-0.25, -0.2) is 0 Å². The molecule has 2 aliphatic heterocycles. The molecule has 2 heterocycles. The highest BCUT2D eigenvalue weighted by Crippen LogP contribution is 2.00. The van der Waals surface area contributed by atoms with Crippen molar-refractivity contribution < 1.29 is 49.4 Å². The van der Waals surface area contributed by atoms with Gasteiger partial charge in [0.1, 0.15) is 0 Å². The maximum Gasteiger partial charge on any atom is 0.344 e. The Balaban J connectivity index is 1.82. The van der Waals surface area contributed by atoms with Crippen LogP contribution in [0.15, 0.2) is 0 Å². The molecule has 0 aromatic heterocycles. The van der Waals surface area contributed by atoms with Gasteiger partial charge in [-0.2, -0.15) is 0 Å². The van der Waals surface area contributed by atoms with Gasteiger partial charge in [0.2, 0.25) is 0 Å². The standard InChI is InChI=1S/H22O12Si12/c1-13-2-16-6-20-10-23(9-19-5-15-1)24-11-21-7-17-3-14-4-18-8-22-12-24/h23-24H,13-22H2. The molecule has 2 fully saturated rings. The number of hydrogen-bond donors (Lipinski definition) is 0. The predicted molar refractivity (Wildman–Crippen MR) is 113 cm³/mol. The second kappa shape index (κ2) is 16.1.